The van der Waals surface area contributed by atoms with Crippen LogP contribution >= 0.6 is 22.6 Å². The van der Waals surface area contributed by atoms with Crippen LogP contribution in [0.3, 0.4) is 0 Å². The minimum atomic E-state index is -0.572. The van der Waals surface area contributed by atoms with E-state index in [0.29, 0.717) is 5.39 Å². The van der Waals surface area contributed by atoms with Crippen LogP contribution in [0.5, 0.6) is 0 Å². The third-order valence-electron chi connectivity index (χ3n) is 5.20. The van der Waals surface area contributed by atoms with E-state index in [0.717, 1.165) is 21.4 Å². The standard InChI is InChI=1S/C20H25IN2O3/c1-3-26-20(25)16-12-22-18-10-14(17(21)11-15(18)19(16)24)5-4-13-6-8-23(2)9-7-13/h10-13H,3-9H2,1-2H3,(H,22,24). The molecule has 26 heavy (non-hydrogen) atoms. The van der Waals surface area contributed by atoms with Crippen molar-refractivity contribution in [3.63, 3.8) is 0 Å². The van der Waals surface area contributed by atoms with Gasteiger partial charge in [0, 0.05) is 20.7 Å². The summed E-state index contributed by atoms with van der Waals surface area (Å²) >= 11 is 2.29. The summed E-state index contributed by atoms with van der Waals surface area (Å²) in [5, 5.41) is 0.544. The number of carbonyl (C=O) groups is 1. The number of benzene rings is 1. The van der Waals surface area contributed by atoms with Gasteiger partial charge in [-0.2, -0.15) is 0 Å². The van der Waals surface area contributed by atoms with E-state index in [-0.39, 0.29) is 17.6 Å². The second-order valence-electron chi connectivity index (χ2n) is 7.03. The number of esters is 1. The van der Waals surface area contributed by atoms with Gasteiger partial charge < -0.3 is 14.6 Å². The van der Waals surface area contributed by atoms with Crippen LogP contribution in [0, 0.1) is 9.49 Å². The first-order valence-corrected chi connectivity index (χ1v) is 10.3. The highest BCUT2D eigenvalue weighted by Gasteiger charge is 2.18. The van der Waals surface area contributed by atoms with E-state index < -0.39 is 5.97 Å². The zero-order valence-electron chi connectivity index (χ0n) is 15.3. The number of likely N-dealkylation sites (tertiary alicyclic amines) is 1. The zero-order chi connectivity index (χ0) is 18.7. The number of piperidine rings is 1. The van der Waals surface area contributed by atoms with Crippen LogP contribution in [-0.2, 0) is 11.2 Å². The maximum Gasteiger partial charge on any atom is 0.343 e. The Morgan fingerprint density at radius 1 is 1.35 bits per heavy atom. The van der Waals surface area contributed by atoms with Crippen LogP contribution in [0.15, 0.2) is 23.1 Å². The molecule has 1 N–H and O–H groups in total. The van der Waals surface area contributed by atoms with Crippen molar-refractivity contribution in [2.45, 2.75) is 32.6 Å². The molecule has 0 atom stereocenters. The molecule has 1 aromatic carbocycles. The summed E-state index contributed by atoms with van der Waals surface area (Å²) in [5.74, 6) is 0.208. The van der Waals surface area contributed by atoms with Crippen LogP contribution in [0.2, 0.25) is 0 Å². The molecular weight excluding hydrogens is 443 g/mol. The maximum absolute atomic E-state index is 12.6. The monoisotopic (exact) mass is 468 g/mol. The summed E-state index contributed by atoms with van der Waals surface area (Å²) in [7, 11) is 2.18. The smallest absolute Gasteiger partial charge is 0.343 e. The fourth-order valence-electron chi connectivity index (χ4n) is 3.55. The van der Waals surface area contributed by atoms with E-state index in [1.165, 1.54) is 44.1 Å². The van der Waals surface area contributed by atoms with Gasteiger partial charge in [0.25, 0.3) is 0 Å². The number of pyridine rings is 1. The third kappa shape index (κ3) is 4.28. The number of hydrogen-bond acceptors (Lipinski definition) is 4. The summed E-state index contributed by atoms with van der Waals surface area (Å²) in [5.41, 5.74) is 1.84. The third-order valence-corrected chi connectivity index (χ3v) is 6.21. The first kappa shape index (κ1) is 19.4. The van der Waals surface area contributed by atoms with Gasteiger partial charge in [0.15, 0.2) is 0 Å². The van der Waals surface area contributed by atoms with E-state index in [1.54, 1.807) is 6.92 Å². The fourth-order valence-corrected chi connectivity index (χ4v) is 4.29. The molecule has 0 saturated carbocycles. The predicted octanol–water partition coefficient (Wildman–Crippen LogP) is 3.58. The largest absolute Gasteiger partial charge is 0.462 e. The van der Waals surface area contributed by atoms with Crippen molar-refractivity contribution in [1.82, 2.24) is 9.88 Å². The molecule has 6 heteroatoms. The molecule has 1 aliphatic heterocycles. The average molecular weight is 468 g/mol. The lowest BCUT2D eigenvalue weighted by Crippen LogP contribution is -2.30. The van der Waals surface area contributed by atoms with E-state index >= 15 is 0 Å². The average Bonchev–Trinajstić information content (AvgIpc) is 2.62. The Morgan fingerprint density at radius 3 is 2.77 bits per heavy atom. The fraction of sp³-hybridized carbons (Fsp3) is 0.500. The molecule has 1 fully saturated rings. The number of hydrogen-bond donors (Lipinski definition) is 1. The number of halogens is 1. The Kier molecular flexibility index (Phi) is 6.34. The zero-order valence-corrected chi connectivity index (χ0v) is 17.5. The van der Waals surface area contributed by atoms with Gasteiger partial charge in [0.2, 0.25) is 5.43 Å². The van der Waals surface area contributed by atoms with Crippen molar-refractivity contribution < 1.29 is 9.53 Å². The van der Waals surface area contributed by atoms with Crippen molar-refractivity contribution >= 4 is 39.5 Å². The van der Waals surface area contributed by atoms with E-state index in [1.807, 2.05) is 6.07 Å². The lowest BCUT2D eigenvalue weighted by atomic mass is 9.90. The topological polar surface area (TPSA) is 62.4 Å². The van der Waals surface area contributed by atoms with Crippen LogP contribution in [0.25, 0.3) is 10.9 Å². The number of rotatable bonds is 5. The van der Waals surface area contributed by atoms with Crippen LogP contribution < -0.4 is 5.43 Å². The number of carbonyl (C=O) groups excluding carboxylic acids is 1. The van der Waals surface area contributed by atoms with Crippen molar-refractivity contribution in [3.8, 4) is 0 Å². The number of fused-ring (bicyclic) bond motifs is 1. The number of nitrogens with one attached hydrogen (secondary N) is 1. The molecule has 1 aliphatic rings. The lowest BCUT2D eigenvalue weighted by molar-refractivity contribution is 0.0524. The van der Waals surface area contributed by atoms with Crippen molar-refractivity contribution in [2.24, 2.45) is 5.92 Å². The Morgan fingerprint density at radius 2 is 2.08 bits per heavy atom. The van der Waals surface area contributed by atoms with Gasteiger partial charge in [0.1, 0.15) is 5.56 Å². The van der Waals surface area contributed by atoms with Gasteiger partial charge in [0.05, 0.1) is 6.61 Å². The van der Waals surface area contributed by atoms with Gasteiger partial charge in [-0.1, -0.05) is 0 Å². The number of aryl methyl sites for hydroxylation is 1. The number of H-pyrrole nitrogens is 1. The molecular formula is C20H25IN2O3. The highest BCUT2D eigenvalue weighted by molar-refractivity contribution is 14.1. The number of aromatic nitrogens is 1. The van der Waals surface area contributed by atoms with Crippen molar-refractivity contribution in [3.05, 3.63) is 43.2 Å². The normalized spacial score (nSPS) is 16.1. The summed E-state index contributed by atoms with van der Waals surface area (Å²) in [6.07, 6.45) is 6.20. The number of nitrogens with zero attached hydrogens (tertiary/aromatic N) is 1. The second-order valence-corrected chi connectivity index (χ2v) is 8.19. The SMILES string of the molecule is CCOC(=O)c1c[nH]c2cc(CCC3CCN(C)CC3)c(I)cc2c1=O. The molecule has 0 radical (unpaired) electrons. The minimum Gasteiger partial charge on any atom is -0.462 e. The Labute approximate surface area is 167 Å². The summed E-state index contributed by atoms with van der Waals surface area (Å²) in [6, 6.07) is 3.95. The molecule has 3 rings (SSSR count). The molecule has 0 bridgehead atoms. The summed E-state index contributed by atoms with van der Waals surface area (Å²) < 4.78 is 6.04. The molecule has 1 saturated heterocycles. The van der Waals surface area contributed by atoms with Crippen molar-refractivity contribution in [1.29, 1.82) is 0 Å². The maximum atomic E-state index is 12.6. The molecule has 2 heterocycles. The summed E-state index contributed by atoms with van der Waals surface area (Å²) in [4.78, 5) is 30.0. The molecule has 0 amide bonds. The van der Waals surface area contributed by atoms with E-state index in [4.69, 9.17) is 4.74 Å². The molecule has 0 spiro atoms. The summed E-state index contributed by atoms with van der Waals surface area (Å²) in [6.45, 7) is 4.35. The van der Waals surface area contributed by atoms with Crippen LogP contribution in [0.4, 0.5) is 0 Å². The van der Waals surface area contributed by atoms with Gasteiger partial charge in [-0.15, -0.1) is 0 Å². The van der Waals surface area contributed by atoms with Gasteiger partial charge in [-0.3, -0.25) is 4.79 Å². The van der Waals surface area contributed by atoms with Crippen molar-refractivity contribution in [2.75, 3.05) is 26.7 Å². The first-order valence-electron chi connectivity index (χ1n) is 9.19. The van der Waals surface area contributed by atoms with Gasteiger partial charge in [-0.25, -0.2) is 4.79 Å². The molecule has 0 aliphatic carbocycles. The number of ether oxygens (including phenoxy) is 1. The number of aromatic amines is 1. The first-order chi connectivity index (χ1) is 12.5. The Hall–Kier alpha value is -1.41. The molecule has 1 aromatic heterocycles. The Balaban J connectivity index is 1.81. The van der Waals surface area contributed by atoms with Gasteiger partial charge >= 0.3 is 5.97 Å². The molecule has 2 aromatic rings. The second kappa shape index (κ2) is 8.52. The molecule has 140 valence electrons. The van der Waals surface area contributed by atoms with E-state index in [2.05, 4.69) is 45.6 Å². The quantitative estimate of drug-likeness (QED) is 0.539. The van der Waals surface area contributed by atoms with Crippen LogP contribution in [-0.4, -0.2) is 42.6 Å². The highest BCUT2D eigenvalue weighted by Crippen LogP contribution is 2.25. The minimum absolute atomic E-state index is 0.0641. The van der Waals surface area contributed by atoms with E-state index in [9.17, 15) is 9.59 Å². The predicted molar refractivity (Wildman–Crippen MR) is 112 cm³/mol. The Bertz CT molecular complexity index is 854. The molecule has 0 unspecified atom stereocenters. The van der Waals surface area contributed by atoms with Crippen LogP contribution in [0.1, 0.15) is 42.1 Å². The molecule has 5 nitrogen and oxygen atoms in total. The highest BCUT2D eigenvalue weighted by atomic mass is 127. The lowest BCUT2D eigenvalue weighted by Gasteiger charge is -2.29. The van der Waals surface area contributed by atoms with Gasteiger partial charge in [-0.05, 0) is 98.9 Å².